The van der Waals surface area contributed by atoms with Crippen LogP contribution >= 0.6 is 0 Å². The maximum atomic E-state index is 11.5. The summed E-state index contributed by atoms with van der Waals surface area (Å²) in [6.45, 7) is 2.29. The van der Waals surface area contributed by atoms with Crippen molar-refractivity contribution < 1.29 is 9.53 Å². The first-order chi connectivity index (χ1) is 8.31. The molecule has 0 aliphatic heterocycles. The lowest BCUT2D eigenvalue weighted by atomic mass is 9.91. The van der Waals surface area contributed by atoms with Gasteiger partial charge in [-0.05, 0) is 42.9 Å². The second-order valence-corrected chi connectivity index (χ2v) is 4.57. The highest BCUT2D eigenvalue weighted by Crippen LogP contribution is 2.35. The second-order valence-electron chi connectivity index (χ2n) is 4.57. The van der Waals surface area contributed by atoms with Crippen molar-refractivity contribution in [1.29, 1.82) is 0 Å². The molecule has 0 aromatic heterocycles. The van der Waals surface area contributed by atoms with Crippen LogP contribution in [0.2, 0.25) is 0 Å². The van der Waals surface area contributed by atoms with E-state index in [-0.39, 0.29) is 5.97 Å². The fraction of sp³-hybridized carbons (Fsp3) is 0.533. The smallest absolute Gasteiger partial charge is 0.310 e. The van der Waals surface area contributed by atoms with Gasteiger partial charge in [-0.15, -0.1) is 0 Å². The van der Waals surface area contributed by atoms with E-state index in [1.165, 1.54) is 31.2 Å². The molecule has 0 bridgehead atoms. The van der Waals surface area contributed by atoms with E-state index in [9.17, 15) is 4.79 Å². The molecule has 0 amide bonds. The van der Waals surface area contributed by atoms with Gasteiger partial charge in [0.15, 0.2) is 0 Å². The van der Waals surface area contributed by atoms with Gasteiger partial charge < -0.3 is 4.74 Å². The highest BCUT2D eigenvalue weighted by atomic mass is 16.5. The molecule has 1 aliphatic rings. The minimum absolute atomic E-state index is 0.133. The first-order valence-corrected chi connectivity index (χ1v) is 6.46. The number of rotatable bonds is 4. The van der Waals surface area contributed by atoms with Crippen LogP contribution < -0.4 is 0 Å². The molecule has 91 valence electrons. The van der Waals surface area contributed by atoms with Crippen LogP contribution in [0.3, 0.4) is 0 Å². The van der Waals surface area contributed by atoms with E-state index < -0.39 is 0 Å². The Morgan fingerprint density at radius 1 is 1.47 bits per heavy atom. The maximum absolute atomic E-state index is 11.5. The molecule has 1 aromatic rings. The zero-order valence-electron chi connectivity index (χ0n) is 10.4. The predicted octanol–water partition coefficient (Wildman–Crippen LogP) is 3.25. The largest absolute Gasteiger partial charge is 0.466 e. The summed E-state index contributed by atoms with van der Waals surface area (Å²) >= 11 is 0. The number of esters is 1. The zero-order valence-corrected chi connectivity index (χ0v) is 10.4. The van der Waals surface area contributed by atoms with Gasteiger partial charge in [-0.25, -0.2) is 0 Å². The van der Waals surface area contributed by atoms with Gasteiger partial charge in [0.05, 0.1) is 13.0 Å². The van der Waals surface area contributed by atoms with Gasteiger partial charge in [0.1, 0.15) is 0 Å². The highest BCUT2D eigenvalue weighted by Gasteiger charge is 2.20. The molecule has 0 unspecified atom stereocenters. The van der Waals surface area contributed by atoms with Crippen LogP contribution in [0.4, 0.5) is 0 Å². The van der Waals surface area contributed by atoms with Crippen molar-refractivity contribution in [2.45, 2.75) is 44.9 Å². The van der Waals surface area contributed by atoms with Crippen LogP contribution in [-0.4, -0.2) is 12.6 Å². The number of carbonyl (C=O) groups excluding carboxylic acids is 1. The minimum atomic E-state index is -0.133. The minimum Gasteiger partial charge on any atom is -0.466 e. The van der Waals surface area contributed by atoms with E-state index in [1.807, 2.05) is 25.1 Å². The zero-order chi connectivity index (χ0) is 12.1. The van der Waals surface area contributed by atoms with Crippen LogP contribution in [-0.2, 0) is 16.0 Å². The molecular formula is C15H19O2. The van der Waals surface area contributed by atoms with Gasteiger partial charge in [-0.2, -0.15) is 0 Å². The van der Waals surface area contributed by atoms with E-state index in [0.717, 1.165) is 5.56 Å². The standard InChI is InChI=1S/C15H19O2/c1-2-17-15(16)11-13-9-5-6-10-14(13)12-7-3-4-8-12/h5-6,9,12H,2-4,7-8,11H2,1H3. The molecule has 1 saturated carbocycles. The second kappa shape index (κ2) is 5.85. The predicted molar refractivity (Wildman–Crippen MR) is 66.8 cm³/mol. The summed E-state index contributed by atoms with van der Waals surface area (Å²) in [5.41, 5.74) is 2.33. The lowest BCUT2D eigenvalue weighted by molar-refractivity contribution is -0.142. The summed E-state index contributed by atoms with van der Waals surface area (Å²) < 4.78 is 5.01. The van der Waals surface area contributed by atoms with Crippen LogP contribution in [0.5, 0.6) is 0 Å². The van der Waals surface area contributed by atoms with Crippen molar-refractivity contribution in [1.82, 2.24) is 0 Å². The van der Waals surface area contributed by atoms with E-state index in [1.54, 1.807) is 0 Å². The normalized spacial score (nSPS) is 16.1. The number of hydrogen-bond donors (Lipinski definition) is 0. The summed E-state index contributed by atoms with van der Waals surface area (Å²) in [5, 5.41) is 0. The third-order valence-electron chi connectivity index (χ3n) is 3.38. The van der Waals surface area contributed by atoms with E-state index >= 15 is 0 Å². The Bertz CT molecular complexity index is 378. The average molecular weight is 231 g/mol. The summed E-state index contributed by atoms with van der Waals surface area (Å²) in [6.07, 6.45) is 5.45. The molecule has 1 radical (unpaired) electrons. The van der Waals surface area contributed by atoms with Crippen molar-refractivity contribution in [2.24, 2.45) is 0 Å². The van der Waals surface area contributed by atoms with Crippen molar-refractivity contribution in [3.8, 4) is 0 Å². The van der Waals surface area contributed by atoms with Gasteiger partial charge in [0.25, 0.3) is 0 Å². The van der Waals surface area contributed by atoms with Crippen molar-refractivity contribution >= 4 is 5.97 Å². The maximum Gasteiger partial charge on any atom is 0.310 e. The number of benzene rings is 1. The Balaban J connectivity index is 2.12. The highest BCUT2D eigenvalue weighted by molar-refractivity contribution is 5.73. The Hall–Kier alpha value is -1.31. The molecule has 2 rings (SSSR count). The Kier molecular flexibility index (Phi) is 4.18. The average Bonchev–Trinajstić information content (AvgIpc) is 2.83. The van der Waals surface area contributed by atoms with Crippen molar-refractivity contribution in [3.05, 3.63) is 35.4 Å². The third-order valence-corrected chi connectivity index (χ3v) is 3.38. The molecule has 1 fully saturated rings. The molecule has 0 heterocycles. The molecule has 0 spiro atoms. The van der Waals surface area contributed by atoms with Gasteiger partial charge in [0.2, 0.25) is 0 Å². The molecule has 1 aliphatic carbocycles. The van der Waals surface area contributed by atoms with E-state index in [4.69, 9.17) is 4.74 Å². The monoisotopic (exact) mass is 231 g/mol. The fourth-order valence-corrected chi connectivity index (χ4v) is 2.60. The third kappa shape index (κ3) is 3.09. The quantitative estimate of drug-likeness (QED) is 0.743. The molecule has 2 heteroatoms. The fourth-order valence-electron chi connectivity index (χ4n) is 2.60. The Morgan fingerprint density at radius 3 is 2.94 bits per heavy atom. The summed E-state index contributed by atoms with van der Waals surface area (Å²) in [5.74, 6) is 0.465. The van der Waals surface area contributed by atoms with Crippen molar-refractivity contribution in [2.75, 3.05) is 6.61 Å². The molecule has 0 atom stereocenters. The van der Waals surface area contributed by atoms with E-state index in [2.05, 4.69) is 6.07 Å². The van der Waals surface area contributed by atoms with Gasteiger partial charge >= 0.3 is 5.97 Å². The lowest BCUT2D eigenvalue weighted by Gasteiger charge is -2.14. The Morgan fingerprint density at radius 2 is 2.24 bits per heavy atom. The molecule has 0 saturated heterocycles. The SMILES string of the molecule is CCOC(=O)Cc1ccc[c]c1C1CCCC1. The topological polar surface area (TPSA) is 26.3 Å². The van der Waals surface area contributed by atoms with Crippen LogP contribution in [0, 0.1) is 6.07 Å². The van der Waals surface area contributed by atoms with Crippen molar-refractivity contribution in [3.63, 3.8) is 0 Å². The first kappa shape index (κ1) is 12.2. The van der Waals surface area contributed by atoms with E-state index in [0.29, 0.717) is 18.9 Å². The number of hydrogen-bond acceptors (Lipinski definition) is 2. The number of ether oxygens (including phenoxy) is 1. The molecule has 0 N–H and O–H groups in total. The lowest BCUT2D eigenvalue weighted by Crippen LogP contribution is -2.10. The van der Waals surface area contributed by atoms with Crippen LogP contribution in [0.15, 0.2) is 18.2 Å². The molecule has 2 nitrogen and oxygen atoms in total. The first-order valence-electron chi connectivity index (χ1n) is 6.46. The summed E-state index contributed by atoms with van der Waals surface area (Å²) in [6, 6.07) is 9.25. The van der Waals surface area contributed by atoms with Gasteiger partial charge in [-0.1, -0.05) is 31.0 Å². The molecular weight excluding hydrogens is 212 g/mol. The van der Waals surface area contributed by atoms with Gasteiger partial charge in [0, 0.05) is 0 Å². The Labute approximate surface area is 103 Å². The van der Waals surface area contributed by atoms with Crippen LogP contribution in [0.25, 0.3) is 0 Å². The molecule has 1 aromatic carbocycles. The number of carbonyl (C=O) groups is 1. The summed E-state index contributed by atoms with van der Waals surface area (Å²) in [4.78, 5) is 11.5. The van der Waals surface area contributed by atoms with Crippen LogP contribution in [0.1, 0.15) is 49.7 Å². The summed E-state index contributed by atoms with van der Waals surface area (Å²) in [7, 11) is 0. The van der Waals surface area contributed by atoms with Gasteiger partial charge in [-0.3, -0.25) is 4.79 Å². The molecule has 17 heavy (non-hydrogen) atoms.